The monoisotopic (exact) mass is 426 g/mol. The molecular weight excluding hydrogens is 396 g/mol. The maximum Gasteiger partial charge on any atom is 0.408 e. The number of nitrogens with zero attached hydrogens (tertiary/aromatic N) is 1. The van der Waals surface area contributed by atoms with Crippen LogP contribution in [0.5, 0.6) is 0 Å². The third-order valence-corrected chi connectivity index (χ3v) is 5.18. The van der Waals surface area contributed by atoms with Gasteiger partial charge in [-0.15, -0.1) is 0 Å². The number of carbonyl (C=O) groups is 2. The molecule has 3 rings (SSSR count). The Bertz CT molecular complexity index is 882. The number of benzene rings is 2. The van der Waals surface area contributed by atoms with Crippen molar-refractivity contribution in [3.8, 4) is 0 Å². The zero-order valence-corrected chi connectivity index (χ0v) is 18.1. The minimum atomic E-state index is -1.26. The van der Waals surface area contributed by atoms with Gasteiger partial charge in [-0.2, -0.15) is 0 Å². The van der Waals surface area contributed by atoms with Crippen LogP contribution in [-0.4, -0.2) is 57.5 Å². The zero-order chi connectivity index (χ0) is 22.6. The van der Waals surface area contributed by atoms with Crippen LogP contribution in [0.2, 0.25) is 0 Å². The largest absolute Gasteiger partial charge is 0.444 e. The van der Waals surface area contributed by atoms with Crippen molar-refractivity contribution >= 4 is 12.0 Å². The van der Waals surface area contributed by atoms with Gasteiger partial charge in [0.1, 0.15) is 11.6 Å². The van der Waals surface area contributed by atoms with Crippen LogP contribution in [0.15, 0.2) is 60.7 Å². The number of alkyl carbamates (subject to hydrolysis) is 1. The summed E-state index contributed by atoms with van der Waals surface area (Å²) in [4.78, 5) is 27.6. The lowest BCUT2D eigenvalue weighted by atomic mass is 9.85. The quantitative estimate of drug-likeness (QED) is 0.697. The smallest absolute Gasteiger partial charge is 0.408 e. The lowest BCUT2D eigenvalue weighted by molar-refractivity contribution is -0.134. The summed E-state index contributed by atoms with van der Waals surface area (Å²) in [7, 11) is 0. The van der Waals surface area contributed by atoms with E-state index < -0.39 is 35.9 Å². The first-order valence-electron chi connectivity index (χ1n) is 10.4. The molecule has 7 heteroatoms. The van der Waals surface area contributed by atoms with Crippen molar-refractivity contribution < 1.29 is 24.5 Å². The van der Waals surface area contributed by atoms with Crippen LogP contribution in [0.3, 0.4) is 0 Å². The highest BCUT2D eigenvalue weighted by Crippen LogP contribution is 2.31. The number of carbonyl (C=O) groups excluding carboxylic acids is 2. The van der Waals surface area contributed by atoms with Crippen LogP contribution >= 0.6 is 0 Å². The Morgan fingerprint density at radius 2 is 1.65 bits per heavy atom. The molecule has 0 aromatic heterocycles. The van der Waals surface area contributed by atoms with Gasteiger partial charge in [0.15, 0.2) is 0 Å². The number of aliphatic hydroxyl groups excluding tert-OH is 2. The van der Waals surface area contributed by atoms with Crippen LogP contribution in [0.1, 0.15) is 37.8 Å². The minimum absolute atomic E-state index is 0.0509. The molecule has 0 bridgehead atoms. The standard InChI is InChI=1S/C24H30N2O5/c1-24(2,3)31-23(30)25-20-19(17-12-8-5-9-13-17)21(28)18(27)15-26(22(20)29)14-16-10-6-4-7-11-16/h4-13,18-21,27-28H,14-15H2,1-3H3,(H,25,30)/t18-,19-,20-,21-/m1/s1. The molecule has 0 aliphatic carbocycles. The first kappa shape index (κ1) is 22.8. The van der Waals surface area contributed by atoms with Crippen molar-refractivity contribution in [2.24, 2.45) is 0 Å². The SMILES string of the molecule is CC(C)(C)OC(=O)N[C@H]1C(=O)N(Cc2ccccc2)C[C@@H](O)[C@@H](O)[C@@H]1c1ccccc1. The van der Waals surface area contributed by atoms with Crippen molar-refractivity contribution in [3.63, 3.8) is 0 Å². The highest BCUT2D eigenvalue weighted by molar-refractivity contribution is 5.87. The van der Waals surface area contributed by atoms with E-state index in [1.54, 1.807) is 45.0 Å². The number of rotatable bonds is 4. The molecule has 2 aromatic carbocycles. The average Bonchev–Trinajstić information content (AvgIpc) is 2.79. The predicted molar refractivity (Wildman–Crippen MR) is 116 cm³/mol. The number of hydrogen-bond donors (Lipinski definition) is 3. The van der Waals surface area contributed by atoms with E-state index in [9.17, 15) is 19.8 Å². The number of β-amino-alcohol motifs (C(OH)–C–C–N with tert-alkyl or cyclic N) is 1. The number of aliphatic hydroxyl groups is 2. The molecule has 4 atom stereocenters. The van der Waals surface area contributed by atoms with Crippen LogP contribution < -0.4 is 5.32 Å². The van der Waals surface area contributed by atoms with Crippen molar-refractivity contribution in [3.05, 3.63) is 71.8 Å². The highest BCUT2D eigenvalue weighted by atomic mass is 16.6. The fourth-order valence-electron chi connectivity index (χ4n) is 3.81. The topological polar surface area (TPSA) is 99.1 Å². The average molecular weight is 427 g/mol. The Balaban J connectivity index is 1.96. The summed E-state index contributed by atoms with van der Waals surface area (Å²) < 4.78 is 5.36. The Kier molecular flexibility index (Phi) is 6.97. The summed E-state index contributed by atoms with van der Waals surface area (Å²) in [5.74, 6) is -1.23. The molecule has 1 aliphatic rings. The lowest BCUT2D eigenvalue weighted by Gasteiger charge is -2.31. The molecule has 0 unspecified atom stereocenters. The van der Waals surface area contributed by atoms with Gasteiger partial charge in [0.2, 0.25) is 5.91 Å². The second-order valence-electron chi connectivity index (χ2n) is 8.82. The van der Waals surface area contributed by atoms with Crippen molar-refractivity contribution in [1.82, 2.24) is 10.2 Å². The Morgan fingerprint density at radius 1 is 1.06 bits per heavy atom. The van der Waals surface area contributed by atoms with Gasteiger partial charge in [-0.1, -0.05) is 60.7 Å². The van der Waals surface area contributed by atoms with Crippen LogP contribution in [-0.2, 0) is 16.1 Å². The Labute approximate surface area is 182 Å². The molecule has 1 fully saturated rings. The molecule has 0 radical (unpaired) electrons. The lowest BCUT2D eigenvalue weighted by Crippen LogP contribution is -2.52. The fraction of sp³-hybridized carbons (Fsp3) is 0.417. The molecule has 31 heavy (non-hydrogen) atoms. The van der Waals surface area contributed by atoms with E-state index in [1.165, 1.54) is 4.90 Å². The molecule has 1 heterocycles. The molecule has 2 amide bonds. The van der Waals surface area contributed by atoms with E-state index in [1.807, 2.05) is 36.4 Å². The summed E-state index contributed by atoms with van der Waals surface area (Å²) >= 11 is 0. The first-order valence-corrected chi connectivity index (χ1v) is 10.4. The van der Waals surface area contributed by atoms with Gasteiger partial charge in [0, 0.05) is 19.0 Å². The minimum Gasteiger partial charge on any atom is -0.444 e. The summed E-state index contributed by atoms with van der Waals surface area (Å²) in [5.41, 5.74) is 0.777. The highest BCUT2D eigenvalue weighted by Gasteiger charge is 2.45. The van der Waals surface area contributed by atoms with E-state index >= 15 is 0 Å². The van der Waals surface area contributed by atoms with Crippen LogP contribution in [0.25, 0.3) is 0 Å². The van der Waals surface area contributed by atoms with Crippen molar-refractivity contribution in [2.45, 2.75) is 57.1 Å². The van der Waals surface area contributed by atoms with Gasteiger partial charge in [-0.25, -0.2) is 4.79 Å². The van der Waals surface area contributed by atoms with E-state index in [4.69, 9.17) is 4.74 Å². The maximum atomic E-state index is 13.6. The Hall–Kier alpha value is -2.90. The van der Waals surface area contributed by atoms with Gasteiger partial charge in [0.05, 0.1) is 12.2 Å². The van der Waals surface area contributed by atoms with Crippen molar-refractivity contribution in [1.29, 1.82) is 0 Å². The normalized spacial score (nSPS) is 24.4. The van der Waals surface area contributed by atoms with E-state index in [-0.39, 0.29) is 19.0 Å². The predicted octanol–water partition coefficient (Wildman–Crippen LogP) is 2.43. The number of hydrogen-bond acceptors (Lipinski definition) is 5. The maximum absolute atomic E-state index is 13.6. The third-order valence-electron chi connectivity index (χ3n) is 5.18. The van der Waals surface area contributed by atoms with E-state index in [0.717, 1.165) is 5.56 Å². The number of amides is 2. The zero-order valence-electron chi connectivity index (χ0n) is 18.1. The molecule has 166 valence electrons. The van der Waals surface area contributed by atoms with E-state index in [2.05, 4.69) is 5.32 Å². The second kappa shape index (κ2) is 9.49. The van der Waals surface area contributed by atoms with Gasteiger partial charge in [-0.3, -0.25) is 4.79 Å². The molecule has 0 saturated carbocycles. The molecule has 1 aliphatic heterocycles. The Morgan fingerprint density at radius 3 is 2.23 bits per heavy atom. The summed E-state index contributed by atoms with van der Waals surface area (Å²) in [6.07, 6.45) is -3.19. The number of ether oxygens (including phenoxy) is 1. The summed E-state index contributed by atoms with van der Waals surface area (Å²) in [6, 6.07) is 17.2. The molecule has 7 nitrogen and oxygen atoms in total. The molecule has 2 aromatic rings. The first-order chi connectivity index (χ1) is 14.7. The fourth-order valence-corrected chi connectivity index (χ4v) is 3.81. The molecule has 1 saturated heterocycles. The van der Waals surface area contributed by atoms with Gasteiger partial charge >= 0.3 is 6.09 Å². The third kappa shape index (κ3) is 5.83. The van der Waals surface area contributed by atoms with E-state index in [0.29, 0.717) is 5.56 Å². The molecule has 0 spiro atoms. The van der Waals surface area contributed by atoms with Gasteiger partial charge in [-0.05, 0) is 31.9 Å². The molecular formula is C24H30N2O5. The number of nitrogens with one attached hydrogen (secondary N) is 1. The molecule has 3 N–H and O–H groups in total. The van der Waals surface area contributed by atoms with Gasteiger partial charge < -0.3 is 25.2 Å². The number of likely N-dealkylation sites (tertiary alicyclic amines) is 1. The van der Waals surface area contributed by atoms with Gasteiger partial charge in [0.25, 0.3) is 0 Å². The van der Waals surface area contributed by atoms with Crippen LogP contribution in [0.4, 0.5) is 4.79 Å². The van der Waals surface area contributed by atoms with Crippen molar-refractivity contribution in [2.75, 3.05) is 6.54 Å². The summed E-state index contributed by atoms with van der Waals surface area (Å²) in [6.45, 7) is 5.39. The summed E-state index contributed by atoms with van der Waals surface area (Å²) in [5, 5.41) is 24.3. The second-order valence-corrected chi connectivity index (χ2v) is 8.82. The van der Waals surface area contributed by atoms with Crippen LogP contribution in [0, 0.1) is 0 Å².